The number of hydrogen-bond acceptors (Lipinski definition) is 9. The number of hydrogen-bond donors (Lipinski definition) is 3. The molecule has 9 nitrogen and oxygen atoms in total. The second-order valence-corrected chi connectivity index (χ2v) is 6.38. The summed E-state index contributed by atoms with van der Waals surface area (Å²) in [6, 6.07) is 3.62. The Bertz CT molecular complexity index is 667. The molecule has 0 amide bonds. The highest BCUT2D eigenvalue weighted by Gasteiger charge is 2.24. The van der Waals surface area contributed by atoms with Crippen molar-refractivity contribution in [3.05, 3.63) is 34.9 Å². The number of carbonyl (C=O) groups excluding carboxylic acids is 3. The fourth-order valence-electron chi connectivity index (χ4n) is 1.84. The quantitative estimate of drug-likeness (QED) is 0.380. The van der Waals surface area contributed by atoms with E-state index in [0.29, 0.717) is 0 Å². The standard InChI is InChI=1S/C18H24O9/c1-18(2,10-21)11-27-15(22)12-3-4-13(16(23)25-7-5-19)14(9-12)17(24)26-8-6-20/h3-4,9,19-21H,5-8,10-11H2,1-2H3. The minimum atomic E-state index is -0.926. The number of esters is 3. The fraction of sp³-hybridized carbons (Fsp3) is 0.500. The highest BCUT2D eigenvalue weighted by Crippen LogP contribution is 2.18. The average Bonchev–Trinajstić information content (AvgIpc) is 2.67. The van der Waals surface area contributed by atoms with Gasteiger partial charge in [0.15, 0.2) is 0 Å². The second-order valence-electron chi connectivity index (χ2n) is 6.38. The summed E-state index contributed by atoms with van der Waals surface area (Å²) in [6.45, 7) is 1.83. The van der Waals surface area contributed by atoms with Gasteiger partial charge in [0.25, 0.3) is 0 Å². The van der Waals surface area contributed by atoms with E-state index < -0.39 is 29.9 Å². The van der Waals surface area contributed by atoms with Crippen LogP contribution in [0.3, 0.4) is 0 Å². The van der Waals surface area contributed by atoms with Crippen molar-refractivity contribution in [3.8, 4) is 0 Å². The lowest BCUT2D eigenvalue weighted by molar-refractivity contribution is 0.0218. The lowest BCUT2D eigenvalue weighted by Gasteiger charge is -2.21. The van der Waals surface area contributed by atoms with E-state index in [9.17, 15) is 19.5 Å². The molecule has 0 aliphatic heterocycles. The van der Waals surface area contributed by atoms with Gasteiger partial charge < -0.3 is 29.5 Å². The van der Waals surface area contributed by atoms with E-state index in [1.807, 2.05) is 0 Å². The summed E-state index contributed by atoms with van der Waals surface area (Å²) in [5, 5.41) is 26.7. The van der Waals surface area contributed by atoms with Crippen molar-refractivity contribution < 1.29 is 43.9 Å². The van der Waals surface area contributed by atoms with E-state index in [1.165, 1.54) is 12.1 Å². The zero-order valence-electron chi connectivity index (χ0n) is 15.3. The summed E-state index contributed by atoms with van der Waals surface area (Å²) in [7, 11) is 0. The topological polar surface area (TPSA) is 140 Å². The Hall–Kier alpha value is -2.49. The summed E-state index contributed by atoms with van der Waals surface area (Å²) >= 11 is 0. The molecule has 0 radical (unpaired) electrons. The summed E-state index contributed by atoms with van der Waals surface area (Å²) in [5.74, 6) is -2.55. The van der Waals surface area contributed by atoms with Crippen LogP contribution in [-0.2, 0) is 14.2 Å². The van der Waals surface area contributed by atoms with E-state index >= 15 is 0 Å². The van der Waals surface area contributed by atoms with E-state index in [1.54, 1.807) is 13.8 Å². The van der Waals surface area contributed by atoms with Crippen LogP contribution in [0.25, 0.3) is 0 Å². The number of aliphatic hydroxyl groups excluding tert-OH is 3. The predicted octanol–water partition coefficient (Wildman–Crippen LogP) is 0.160. The molecule has 0 fully saturated rings. The smallest absolute Gasteiger partial charge is 0.339 e. The van der Waals surface area contributed by atoms with Gasteiger partial charge in [0.1, 0.15) is 13.2 Å². The van der Waals surface area contributed by atoms with Gasteiger partial charge in [-0.05, 0) is 18.2 Å². The minimum absolute atomic E-state index is 0.00148. The molecule has 0 atom stereocenters. The Kier molecular flexibility index (Phi) is 8.86. The Balaban J connectivity index is 3.09. The third kappa shape index (κ3) is 6.97. The molecule has 0 unspecified atom stereocenters. The van der Waals surface area contributed by atoms with E-state index in [2.05, 4.69) is 0 Å². The minimum Gasteiger partial charge on any atom is -0.461 e. The first-order valence-electron chi connectivity index (χ1n) is 8.23. The molecular weight excluding hydrogens is 360 g/mol. The van der Waals surface area contributed by atoms with Crippen LogP contribution >= 0.6 is 0 Å². The van der Waals surface area contributed by atoms with Gasteiger partial charge in [-0.15, -0.1) is 0 Å². The SMILES string of the molecule is CC(C)(CO)COC(=O)c1ccc(C(=O)OCCO)c(C(=O)OCCO)c1. The van der Waals surface area contributed by atoms with Crippen LogP contribution < -0.4 is 0 Å². The van der Waals surface area contributed by atoms with Crippen molar-refractivity contribution in [2.24, 2.45) is 5.41 Å². The molecule has 27 heavy (non-hydrogen) atoms. The number of rotatable bonds is 10. The molecule has 0 heterocycles. The molecule has 0 bridgehead atoms. The molecule has 0 aliphatic carbocycles. The van der Waals surface area contributed by atoms with Crippen molar-refractivity contribution in [1.29, 1.82) is 0 Å². The summed E-state index contributed by atoms with van der Waals surface area (Å²) in [4.78, 5) is 36.4. The summed E-state index contributed by atoms with van der Waals surface area (Å²) in [6.07, 6.45) is 0. The Morgan fingerprint density at radius 1 is 0.852 bits per heavy atom. The normalized spacial score (nSPS) is 11.0. The third-order valence-corrected chi connectivity index (χ3v) is 3.37. The van der Waals surface area contributed by atoms with Crippen molar-refractivity contribution in [1.82, 2.24) is 0 Å². The first-order valence-corrected chi connectivity index (χ1v) is 8.23. The number of ether oxygens (including phenoxy) is 3. The second kappa shape index (κ2) is 10.6. The van der Waals surface area contributed by atoms with Gasteiger partial charge in [-0.1, -0.05) is 13.8 Å². The van der Waals surface area contributed by atoms with Gasteiger partial charge in [-0.2, -0.15) is 0 Å². The van der Waals surface area contributed by atoms with Crippen LogP contribution in [0.4, 0.5) is 0 Å². The molecule has 0 saturated heterocycles. The highest BCUT2D eigenvalue weighted by atomic mass is 16.5. The van der Waals surface area contributed by atoms with Gasteiger partial charge in [-0.25, -0.2) is 14.4 Å². The van der Waals surface area contributed by atoms with Gasteiger partial charge in [0.05, 0.1) is 43.1 Å². The van der Waals surface area contributed by atoms with Crippen LogP contribution in [0, 0.1) is 5.41 Å². The van der Waals surface area contributed by atoms with Crippen LogP contribution in [0.1, 0.15) is 44.9 Å². The molecule has 9 heteroatoms. The molecule has 1 rings (SSSR count). The maximum atomic E-state index is 12.2. The summed E-state index contributed by atoms with van der Waals surface area (Å²) < 4.78 is 14.7. The van der Waals surface area contributed by atoms with Crippen LogP contribution in [0.2, 0.25) is 0 Å². The van der Waals surface area contributed by atoms with Crippen molar-refractivity contribution >= 4 is 17.9 Å². The molecule has 150 valence electrons. The lowest BCUT2D eigenvalue weighted by Crippen LogP contribution is -2.25. The van der Waals surface area contributed by atoms with Gasteiger partial charge in [-0.3, -0.25) is 0 Å². The molecule has 1 aromatic carbocycles. The average molecular weight is 384 g/mol. The van der Waals surface area contributed by atoms with Gasteiger partial charge in [0.2, 0.25) is 0 Å². The third-order valence-electron chi connectivity index (χ3n) is 3.37. The Morgan fingerprint density at radius 3 is 1.93 bits per heavy atom. The molecule has 0 spiro atoms. The maximum Gasteiger partial charge on any atom is 0.339 e. The zero-order chi connectivity index (χ0) is 20.4. The van der Waals surface area contributed by atoms with Gasteiger partial charge in [0, 0.05) is 5.41 Å². The fourth-order valence-corrected chi connectivity index (χ4v) is 1.84. The largest absolute Gasteiger partial charge is 0.461 e. The van der Waals surface area contributed by atoms with E-state index in [0.717, 1.165) is 6.07 Å². The first kappa shape index (κ1) is 22.6. The van der Waals surface area contributed by atoms with Crippen molar-refractivity contribution in [3.63, 3.8) is 0 Å². The van der Waals surface area contributed by atoms with E-state index in [-0.39, 0.29) is 49.7 Å². The molecule has 3 N–H and O–H groups in total. The van der Waals surface area contributed by atoms with Crippen molar-refractivity contribution in [2.45, 2.75) is 13.8 Å². The van der Waals surface area contributed by atoms with Crippen LogP contribution in [0.5, 0.6) is 0 Å². The van der Waals surface area contributed by atoms with E-state index in [4.69, 9.17) is 24.4 Å². The predicted molar refractivity (Wildman–Crippen MR) is 92.3 cm³/mol. The monoisotopic (exact) mass is 384 g/mol. The Labute approximate surface area is 156 Å². The maximum absolute atomic E-state index is 12.2. The summed E-state index contributed by atoms with van der Waals surface area (Å²) in [5.41, 5.74) is -1.02. The first-order chi connectivity index (χ1) is 12.8. The van der Waals surface area contributed by atoms with Gasteiger partial charge >= 0.3 is 17.9 Å². The zero-order valence-corrected chi connectivity index (χ0v) is 15.3. The van der Waals surface area contributed by atoms with Crippen LogP contribution in [0.15, 0.2) is 18.2 Å². The Morgan fingerprint density at radius 2 is 1.41 bits per heavy atom. The highest BCUT2D eigenvalue weighted by molar-refractivity contribution is 6.05. The number of benzene rings is 1. The van der Waals surface area contributed by atoms with Crippen LogP contribution in [-0.4, -0.2) is 72.9 Å². The number of aliphatic hydroxyl groups is 3. The number of carbonyl (C=O) groups is 3. The molecular formula is C18H24O9. The van der Waals surface area contributed by atoms with Crippen molar-refractivity contribution in [2.75, 3.05) is 39.6 Å². The molecule has 0 aliphatic rings. The molecule has 0 saturated carbocycles. The lowest BCUT2D eigenvalue weighted by atomic mass is 9.96. The molecule has 1 aromatic rings. The molecule has 0 aromatic heterocycles.